The van der Waals surface area contributed by atoms with E-state index in [1.54, 1.807) is 0 Å². The number of ether oxygens (including phenoxy) is 2. The van der Waals surface area contributed by atoms with E-state index in [0.717, 1.165) is 0 Å². The third kappa shape index (κ3) is 5.95. The molecule has 0 aromatic heterocycles. The number of esters is 2. The van der Waals surface area contributed by atoms with E-state index in [-0.39, 0.29) is 0 Å². The molecule has 0 aliphatic heterocycles. The predicted octanol–water partition coefficient (Wildman–Crippen LogP) is -1.02. The van der Waals surface area contributed by atoms with E-state index < -0.39 is 42.5 Å². The van der Waals surface area contributed by atoms with E-state index in [1.807, 2.05) is 0 Å². The van der Waals surface area contributed by atoms with Crippen LogP contribution in [0.4, 0.5) is 0 Å². The van der Waals surface area contributed by atoms with Gasteiger partial charge in [0.1, 0.15) is 6.61 Å². The summed E-state index contributed by atoms with van der Waals surface area (Å²) < 4.78 is 9.39. The van der Waals surface area contributed by atoms with Gasteiger partial charge in [0.05, 0.1) is 6.61 Å². The normalized spacial score (nSPS) is 13.9. The molecule has 0 fully saturated rings. The SMILES string of the molecule is CC(C)(O)C(=O)OCC(CO)OC(=O)C(C)(C)O. The Morgan fingerprint density at radius 1 is 1.06 bits per heavy atom. The number of carbonyl (C=O) groups excluding carboxylic acids is 2. The highest BCUT2D eigenvalue weighted by atomic mass is 16.6. The third-order valence-corrected chi connectivity index (χ3v) is 1.88. The number of aliphatic hydroxyl groups excluding tert-OH is 1. The molecule has 0 aromatic carbocycles. The number of aliphatic hydroxyl groups is 3. The lowest BCUT2D eigenvalue weighted by atomic mass is 10.1. The van der Waals surface area contributed by atoms with Crippen LogP contribution in [0.1, 0.15) is 27.7 Å². The van der Waals surface area contributed by atoms with Gasteiger partial charge in [-0.3, -0.25) is 0 Å². The monoisotopic (exact) mass is 264 g/mol. The van der Waals surface area contributed by atoms with Gasteiger partial charge in [0.2, 0.25) is 0 Å². The third-order valence-electron chi connectivity index (χ3n) is 1.88. The molecule has 0 radical (unpaired) electrons. The van der Waals surface area contributed by atoms with Crippen molar-refractivity contribution in [2.75, 3.05) is 13.2 Å². The molecule has 0 bridgehead atoms. The van der Waals surface area contributed by atoms with Crippen LogP contribution in [0.3, 0.4) is 0 Å². The maximum Gasteiger partial charge on any atom is 0.338 e. The summed E-state index contributed by atoms with van der Waals surface area (Å²) in [5.74, 6) is -1.85. The Morgan fingerprint density at radius 2 is 1.50 bits per heavy atom. The molecule has 18 heavy (non-hydrogen) atoms. The summed E-state index contributed by atoms with van der Waals surface area (Å²) in [5, 5.41) is 27.6. The van der Waals surface area contributed by atoms with Gasteiger partial charge in [-0.05, 0) is 27.7 Å². The lowest BCUT2D eigenvalue weighted by Crippen LogP contribution is -2.40. The summed E-state index contributed by atoms with van der Waals surface area (Å²) in [6.07, 6.45) is -1.09. The van der Waals surface area contributed by atoms with Crippen molar-refractivity contribution >= 4 is 11.9 Å². The summed E-state index contributed by atoms with van der Waals surface area (Å²) in [7, 11) is 0. The zero-order valence-electron chi connectivity index (χ0n) is 11.0. The van der Waals surface area contributed by atoms with Crippen LogP contribution in [0, 0.1) is 0 Å². The van der Waals surface area contributed by atoms with Crippen molar-refractivity contribution in [1.29, 1.82) is 0 Å². The van der Waals surface area contributed by atoms with Gasteiger partial charge in [0.15, 0.2) is 17.3 Å². The molecular formula is C11H20O7. The van der Waals surface area contributed by atoms with Gasteiger partial charge in [-0.15, -0.1) is 0 Å². The lowest BCUT2D eigenvalue weighted by Gasteiger charge is -2.22. The van der Waals surface area contributed by atoms with Gasteiger partial charge in [0, 0.05) is 0 Å². The van der Waals surface area contributed by atoms with Crippen molar-refractivity contribution in [1.82, 2.24) is 0 Å². The van der Waals surface area contributed by atoms with Gasteiger partial charge >= 0.3 is 11.9 Å². The van der Waals surface area contributed by atoms with E-state index in [1.165, 1.54) is 27.7 Å². The van der Waals surface area contributed by atoms with Crippen molar-refractivity contribution in [3.8, 4) is 0 Å². The van der Waals surface area contributed by atoms with Crippen LogP contribution >= 0.6 is 0 Å². The molecule has 0 aliphatic carbocycles. The van der Waals surface area contributed by atoms with Crippen LogP contribution < -0.4 is 0 Å². The summed E-state index contributed by atoms with van der Waals surface area (Å²) in [5.41, 5.74) is -3.37. The minimum atomic E-state index is -1.70. The molecule has 0 saturated carbocycles. The van der Waals surface area contributed by atoms with E-state index in [2.05, 4.69) is 4.74 Å². The summed E-state index contributed by atoms with van der Waals surface area (Å²) in [6, 6.07) is 0. The molecule has 3 N–H and O–H groups in total. The largest absolute Gasteiger partial charge is 0.460 e. The molecule has 106 valence electrons. The van der Waals surface area contributed by atoms with Crippen molar-refractivity contribution < 1.29 is 34.4 Å². The fourth-order valence-corrected chi connectivity index (χ4v) is 0.765. The first-order valence-electron chi connectivity index (χ1n) is 5.42. The zero-order valence-corrected chi connectivity index (χ0v) is 11.0. The average Bonchev–Trinajstić information content (AvgIpc) is 2.20. The molecule has 1 unspecified atom stereocenters. The highest BCUT2D eigenvalue weighted by Crippen LogP contribution is 2.08. The van der Waals surface area contributed by atoms with Gasteiger partial charge < -0.3 is 24.8 Å². The van der Waals surface area contributed by atoms with Crippen molar-refractivity contribution in [2.45, 2.75) is 45.0 Å². The predicted molar refractivity (Wildman–Crippen MR) is 60.5 cm³/mol. The van der Waals surface area contributed by atoms with E-state index in [0.29, 0.717) is 0 Å². The van der Waals surface area contributed by atoms with Crippen LogP contribution in [0.2, 0.25) is 0 Å². The molecule has 0 spiro atoms. The summed E-state index contributed by atoms with van der Waals surface area (Å²) in [6.45, 7) is 3.97. The molecule has 7 heteroatoms. The van der Waals surface area contributed by atoms with Gasteiger partial charge in [-0.1, -0.05) is 0 Å². The van der Waals surface area contributed by atoms with Crippen molar-refractivity contribution in [2.24, 2.45) is 0 Å². The van der Waals surface area contributed by atoms with Crippen LogP contribution in [0.5, 0.6) is 0 Å². The minimum Gasteiger partial charge on any atom is -0.460 e. The Balaban J connectivity index is 4.30. The smallest absolute Gasteiger partial charge is 0.338 e. The Kier molecular flexibility index (Phi) is 5.72. The Morgan fingerprint density at radius 3 is 1.83 bits per heavy atom. The summed E-state index contributed by atoms with van der Waals surface area (Å²) in [4.78, 5) is 22.5. The molecule has 7 nitrogen and oxygen atoms in total. The van der Waals surface area contributed by atoms with E-state index in [9.17, 15) is 19.8 Å². The molecule has 0 amide bonds. The maximum absolute atomic E-state index is 11.3. The highest BCUT2D eigenvalue weighted by molar-refractivity contribution is 5.79. The Labute approximate surface area is 105 Å². The first-order chi connectivity index (χ1) is 7.98. The Hall–Kier alpha value is -1.18. The van der Waals surface area contributed by atoms with E-state index >= 15 is 0 Å². The van der Waals surface area contributed by atoms with Gasteiger partial charge in [-0.25, -0.2) is 9.59 Å². The second-order valence-electron chi connectivity index (χ2n) is 4.93. The lowest BCUT2D eigenvalue weighted by molar-refractivity contribution is -0.179. The first-order valence-corrected chi connectivity index (χ1v) is 5.42. The van der Waals surface area contributed by atoms with Crippen LogP contribution in [-0.2, 0) is 19.1 Å². The quantitative estimate of drug-likeness (QED) is 0.526. The standard InChI is InChI=1S/C11H20O7/c1-10(2,15)8(13)17-6-7(5-12)18-9(14)11(3,4)16/h7,12,15-16H,5-6H2,1-4H3. The number of hydrogen-bond donors (Lipinski definition) is 3. The number of hydrogen-bond acceptors (Lipinski definition) is 7. The molecule has 0 rings (SSSR count). The van der Waals surface area contributed by atoms with Crippen molar-refractivity contribution in [3.63, 3.8) is 0 Å². The molecule has 1 atom stereocenters. The molecular weight excluding hydrogens is 244 g/mol. The van der Waals surface area contributed by atoms with E-state index in [4.69, 9.17) is 9.84 Å². The minimum absolute atomic E-state index is 0.402. The summed E-state index contributed by atoms with van der Waals surface area (Å²) >= 11 is 0. The average molecular weight is 264 g/mol. The molecule has 0 aliphatic rings. The highest BCUT2D eigenvalue weighted by Gasteiger charge is 2.30. The van der Waals surface area contributed by atoms with Gasteiger partial charge in [-0.2, -0.15) is 0 Å². The fourth-order valence-electron chi connectivity index (χ4n) is 0.765. The van der Waals surface area contributed by atoms with Gasteiger partial charge in [0.25, 0.3) is 0 Å². The molecule has 0 saturated heterocycles. The number of carbonyl (C=O) groups is 2. The Bertz CT molecular complexity index is 297. The second-order valence-corrected chi connectivity index (χ2v) is 4.93. The zero-order chi connectivity index (χ0) is 14.6. The van der Waals surface area contributed by atoms with Crippen LogP contribution in [0.15, 0.2) is 0 Å². The number of rotatable bonds is 6. The van der Waals surface area contributed by atoms with Crippen LogP contribution in [-0.4, -0.2) is 57.8 Å². The second kappa shape index (κ2) is 6.12. The maximum atomic E-state index is 11.3. The van der Waals surface area contributed by atoms with Crippen LogP contribution in [0.25, 0.3) is 0 Å². The van der Waals surface area contributed by atoms with Crippen molar-refractivity contribution in [3.05, 3.63) is 0 Å². The fraction of sp³-hybridized carbons (Fsp3) is 0.818. The molecule has 0 aromatic rings. The first kappa shape index (κ1) is 16.8. The molecule has 0 heterocycles. The topological polar surface area (TPSA) is 113 Å².